The highest BCUT2D eigenvalue weighted by Crippen LogP contribution is 2.13. The summed E-state index contributed by atoms with van der Waals surface area (Å²) in [4.78, 5) is 24.1. The van der Waals surface area contributed by atoms with Crippen LogP contribution in [0.4, 0.5) is 0 Å². The molecular weight excluding hydrogens is 398 g/mol. The van der Waals surface area contributed by atoms with Gasteiger partial charge in [0.1, 0.15) is 5.75 Å². The maximum atomic E-state index is 12.2. The molecule has 0 aliphatic carbocycles. The van der Waals surface area contributed by atoms with Crippen LogP contribution >= 0.6 is 12.2 Å². The third-order valence-electron chi connectivity index (χ3n) is 4.11. The molecule has 2 rings (SSSR count). The molecule has 7 heteroatoms. The van der Waals surface area contributed by atoms with E-state index < -0.39 is 5.91 Å². The highest BCUT2D eigenvalue weighted by atomic mass is 32.1. The topological polar surface area (TPSA) is 79.5 Å². The Morgan fingerprint density at radius 1 is 1.03 bits per heavy atom. The van der Waals surface area contributed by atoms with Gasteiger partial charge in [-0.3, -0.25) is 25.8 Å². The SMILES string of the molecule is Cc1ccc(C=CC(=O)NC(=S)NNC(=O)c2ccc(OCCC(C)C)cc2)cc1. The molecule has 2 aromatic carbocycles. The van der Waals surface area contributed by atoms with Crippen LogP contribution in [0, 0.1) is 12.8 Å². The van der Waals surface area contributed by atoms with Gasteiger partial charge in [-0.1, -0.05) is 43.7 Å². The molecule has 0 spiro atoms. The summed E-state index contributed by atoms with van der Waals surface area (Å²) in [5.41, 5.74) is 7.45. The van der Waals surface area contributed by atoms with E-state index in [0.717, 1.165) is 17.5 Å². The number of hydrogen-bond acceptors (Lipinski definition) is 4. The Hall–Kier alpha value is -3.19. The summed E-state index contributed by atoms with van der Waals surface area (Å²) in [5.74, 6) is 0.507. The van der Waals surface area contributed by atoms with Crippen molar-refractivity contribution >= 4 is 35.2 Å². The van der Waals surface area contributed by atoms with Gasteiger partial charge in [-0.15, -0.1) is 0 Å². The van der Waals surface area contributed by atoms with Gasteiger partial charge in [0.25, 0.3) is 5.91 Å². The number of aryl methyl sites for hydroxylation is 1. The van der Waals surface area contributed by atoms with Crippen LogP contribution in [0.15, 0.2) is 54.6 Å². The quantitative estimate of drug-likeness (QED) is 0.358. The summed E-state index contributed by atoms with van der Waals surface area (Å²) in [7, 11) is 0. The van der Waals surface area contributed by atoms with Crippen LogP contribution in [0.3, 0.4) is 0 Å². The van der Waals surface area contributed by atoms with Gasteiger partial charge in [0.15, 0.2) is 5.11 Å². The van der Waals surface area contributed by atoms with Gasteiger partial charge in [0, 0.05) is 11.6 Å². The van der Waals surface area contributed by atoms with E-state index in [1.807, 2.05) is 31.2 Å². The molecule has 6 nitrogen and oxygen atoms in total. The zero-order valence-corrected chi connectivity index (χ0v) is 18.2. The number of amides is 2. The second-order valence-corrected chi connectivity index (χ2v) is 7.61. The lowest BCUT2D eigenvalue weighted by atomic mass is 10.1. The highest BCUT2D eigenvalue weighted by Gasteiger charge is 2.07. The average Bonchev–Trinajstić information content (AvgIpc) is 2.72. The number of nitrogens with one attached hydrogen (secondary N) is 3. The monoisotopic (exact) mass is 425 g/mol. The fraction of sp³-hybridized carbons (Fsp3) is 0.261. The van der Waals surface area contributed by atoms with Crippen LogP contribution in [0.25, 0.3) is 6.08 Å². The first-order chi connectivity index (χ1) is 14.3. The fourth-order valence-corrected chi connectivity index (χ4v) is 2.49. The van der Waals surface area contributed by atoms with Crippen LogP contribution in [-0.2, 0) is 4.79 Å². The van der Waals surface area contributed by atoms with Crippen LogP contribution in [0.1, 0.15) is 41.8 Å². The zero-order chi connectivity index (χ0) is 21.9. The third kappa shape index (κ3) is 8.45. The Kier molecular flexibility index (Phi) is 9.03. The van der Waals surface area contributed by atoms with Crippen molar-refractivity contribution in [2.24, 2.45) is 5.92 Å². The molecule has 0 saturated carbocycles. The first-order valence-corrected chi connectivity index (χ1v) is 10.1. The molecule has 0 atom stereocenters. The molecule has 0 aliphatic heterocycles. The van der Waals surface area contributed by atoms with Crippen LogP contribution < -0.4 is 20.9 Å². The Labute approximate surface area is 182 Å². The first kappa shape index (κ1) is 23.1. The van der Waals surface area contributed by atoms with Crippen LogP contribution in [-0.4, -0.2) is 23.5 Å². The van der Waals surface area contributed by atoms with Gasteiger partial charge in [-0.05, 0) is 67.4 Å². The van der Waals surface area contributed by atoms with Gasteiger partial charge in [0.2, 0.25) is 5.91 Å². The molecule has 3 N–H and O–H groups in total. The predicted octanol–water partition coefficient (Wildman–Crippen LogP) is 3.77. The lowest BCUT2D eigenvalue weighted by Crippen LogP contribution is -2.48. The molecule has 158 valence electrons. The standard InChI is InChI=1S/C23H27N3O3S/c1-16(2)14-15-29-20-11-9-19(10-12-20)22(28)25-26-23(30)24-21(27)13-8-18-6-4-17(3)5-7-18/h4-13,16H,14-15H2,1-3H3,(H,25,28)(H2,24,26,27,30). The van der Waals surface area contributed by atoms with Gasteiger partial charge in [-0.25, -0.2) is 0 Å². The van der Waals surface area contributed by atoms with Crippen molar-refractivity contribution in [3.05, 3.63) is 71.3 Å². The molecule has 0 bridgehead atoms. The summed E-state index contributed by atoms with van der Waals surface area (Å²) in [6.07, 6.45) is 4.02. The molecule has 0 aromatic heterocycles. The lowest BCUT2D eigenvalue weighted by molar-refractivity contribution is -0.115. The number of hydrogen-bond donors (Lipinski definition) is 3. The minimum atomic E-state index is -0.398. The number of hydrazine groups is 1. The van der Waals surface area contributed by atoms with E-state index >= 15 is 0 Å². The van der Waals surface area contributed by atoms with Crippen molar-refractivity contribution in [1.29, 1.82) is 0 Å². The molecule has 0 unspecified atom stereocenters. The zero-order valence-electron chi connectivity index (χ0n) is 17.4. The number of benzene rings is 2. The third-order valence-corrected chi connectivity index (χ3v) is 4.32. The molecule has 0 radical (unpaired) electrons. The molecule has 0 fully saturated rings. The number of thiocarbonyl (C=S) groups is 1. The van der Waals surface area contributed by atoms with Crippen LogP contribution in [0.2, 0.25) is 0 Å². The Morgan fingerprint density at radius 2 is 1.70 bits per heavy atom. The summed E-state index contributed by atoms with van der Waals surface area (Å²) in [6.45, 7) is 6.90. The highest BCUT2D eigenvalue weighted by molar-refractivity contribution is 7.80. The average molecular weight is 426 g/mol. The second kappa shape index (κ2) is 11.7. The summed E-state index contributed by atoms with van der Waals surface area (Å²) < 4.78 is 5.63. The van der Waals surface area contributed by atoms with E-state index in [2.05, 4.69) is 30.0 Å². The van der Waals surface area contributed by atoms with E-state index in [1.165, 1.54) is 6.08 Å². The van der Waals surface area contributed by atoms with Crippen molar-refractivity contribution in [3.8, 4) is 5.75 Å². The maximum absolute atomic E-state index is 12.2. The van der Waals surface area contributed by atoms with E-state index in [0.29, 0.717) is 23.8 Å². The largest absolute Gasteiger partial charge is 0.494 e. The van der Waals surface area contributed by atoms with Crippen LogP contribution in [0.5, 0.6) is 5.75 Å². The van der Waals surface area contributed by atoms with Gasteiger partial charge < -0.3 is 4.74 Å². The van der Waals surface area contributed by atoms with Gasteiger partial charge >= 0.3 is 0 Å². The van der Waals surface area contributed by atoms with Crippen molar-refractivity contribution in [1.82, 2.24) is 16.2 Å². The van der Waals surface area contributed by atoms with Crippen molar-refractivity contribution in [2.75, 3.05) is 6.61 Å². The van der Waals surface area contributed by atoms with Crippen molar-refractivity contribution < 1.29 is 14.3 Å². The molecule has 2 aromatic rings. The Bertz CT molecular complexity index is 891. The first-order valence-electron chi connectivity index (χ1n) is 9.72. The number of ether oxygens (including phenoxy) is 1. The fourth-order valence-electron chi connectivity index (χ4n) is 2.34. The normalized spacial score (nSPS) is 10.7. The van der Waals surface area contributed by atoms with E-state index in [-0.39, 0.29) is 11.0 Å². The smallest absolute Gasteiger partial charge is 0.269 e. The second-order valence-electron chi connectivity index (χ2n) is 7.20. The van der Waals surface area contributed by atoms with Gasteiger partial charge in [0.05, 0.1) is 6.61 Å². The molecular formula is C23H27N3O3S. The lowest BCUT2D eigenvalue weighted by Gasteiger charge is -2.11. The van der Waals surface area contributed by atoms with Gasteiger partial charge in [-0.2, -0.15) is 0 Å². The summed E-state index contributed by atoms with van der Waals surface area (Å²) in [5, 5.41) is 2.47. The van der Waals surface area contributed by atoms with E-state index in [1.54, 1.807) is 30.3 Å². The maximum Gasteiger partial charge on any atom is 0.269 e. The number of rotatable bonds is 7. The molecule has 0 heterocycles. The minimum Gasteiger partial charge on any atom is -0.494 e. The predicted molar refractivity (Wildman–Crippen MR) is 123 cm³/mol. The van der Waals surface area contributed by atoms with Crippen molar-refractivity contribution in [3.63, 3.8) is 0 Å². The molecule has 30 heavy (non-hydrogen) atoms. The minimum absolute atomic E-state index is 0.00412. The molecule has 2 amide bonds. The number of carbonyl (C=O) groups is 2. The van der Waals surface area contributed by atoms with Crippen molar-refractivity contribution in [2.45, 2.75) is 27.2 Å². The number of carbonyl (C=O) groups excluding carboxylic acids is 2. The Balaban J connectivity index is 1.74. The molecule has 0 aliphatic rings. The molecule has 0 saturated heterocycles. The summed E-state index contributed by atoms with van der Waals surface area (Å²) >= 11 is 5.02. The summed E-state index contributed by atoms with van der Waals surface area (Å²) in [6, 6.07) is 14.6. The van der Waals surface area contributed by atoms with E-state index in [4.69, 9.17) is 17.0 Å². The van der Waals surface area contributed by atoms with E-state index in [9.17, 15) is 9.59 Å². The Morgan fingerprint density at radius 3 is 2.33 bits per heavy atom.